The Morgan fingerprint density at radius 1 is 1.24 bits per heavy atom. The van der Waals surface area contributed by atoms with Gasteiger partial charge >= 0.3 is 6.98 Å². The maximum atomic E-state index is 12.5. The molecule has 2 nitrogen and oxygen atoms in total. The average Bonchev–Trinajstić information content (AvgIpc) is 2.30. The average molecular weight is 246 g/mol. The van der Waals surface area contributed by atoms with E-state index in [1.807, 2.05) is 13.8 Å². The predicted molar refractivity (Wildman–Crippen MR) is 62.5 cm³/mol. The fourth-order valence-electron chi connectivity index (χ4n) is 1.43. The number of ether oxygens (including phenoxy) is 1. The van der Waals surface area contributed by atoms with Gasteiger partial charge in [0.1, 0.15) is 5.75 Å². The Morgan fingerprint density at radius 2 is 1.88 bits per heavy atom. The van der Waals surface area contributed by atoms with Gasteiger partial charge in [-0.3, -0.25) is 4.98 Å². The summed E-state index contributed by atoms with van der Waals surface area (Å²) in [5.41, 5.74) is -0.716. The molecule has 1 aromatic rings. The van der Waals surface area contributed by atoms with Gasteiger partial charge in [0.25, 0.3) is 0 Å². The van der Waals surface area contributed by atoms with Crippen molar-refractivity contribution in [3.8, 4) is 5.75 Å². The van der Waals surface area contributed by atoms with Crippen LogP contribution in [-0.4, -0.2) is 18.6 Å². The van der Waals surface area contributed by atoms with E-state index in [0.29, 0.717) is 12.5 Å². The van der Waals surface area contributed by atoms with Gasteiger partial charge in [-0.2, -0.15) is 0 Å². The minimum absolute atomic E-state index is 0.189. The lowest BCUT2D eigenvalue weighted by molar-refractivity contribution is 0.240. The third kappa shape index (κ3) is 4.28. The molecule has 0 aliphatic heterocycles. The summed E-state index contributed by atoms with van der Waals surface area (Å²) in [5.74, 6) is 0.559. The smallest absolute Gasteiger partial charge is 0.492 e. The standard InChI is InChI=1S/C11H16BF3NO/c1-3-9(4-2)8-17-11-5-10(6-16-7-11)12(13,14)15/h5-7,9H,3-4,8H2,1-2H3/q-1. The summed E-state index contributed by atoms with van der Waals surface area (Å²) in [5, 5.41) is 0. The van der Waals surface area contributed by atoms with Gasteiger partial charge in [-0.1, -0.05) is 32.2 Å². The molecule has 0 atom stereocenters. The fourth-order valence-corrected chi connectivity index (χ4v) is 1.43. The minimum Gasteiger partial charge on any atom is -0.492 e. The maximum absolute atomic E-state index is 12.5. The van der Waals surface area contributed by atoms with Crippen LogP contribution in [0.3, 0.4) is 0 Å². The highest BCUT2D eigenvalue weighted by Gasteiger charge is 2.26. The molecule has 96 valence electrons. The first-order chi connectivity index (χ1) is 7.97. The van der Waals surface area contributed by atoms with E-state index in [4.69, 9.17) is 4.74 Å². The van der Waals surface area contributed by atoms with Crippen molar-refractivity contribution in [2.24, 2.45) is 5.92 Å². The van der Waals surface area contributed by atoms with Crippen molar-refractivity contribution in [1.29, 1.82) is 0 Å². The van der Waals surface area contributed by atoms with E-state index in [9.17, 15) is 12.9 Å². The first-order valence-corrected chi connectivity index (χ1v) is 5.75. The topological polar surface area (TPSA) is 22.1 Å². The Kier molecular flexibility index (Phi) is 4.84. The minimum atomic E-state index is -5.01. The Labute approximate surface area is 99.3 Å². The Hall–Kier alpha value is -1.20. The van der Waals surface area contributed by atoms with Crippen molar-refractivity contribution in [1.82, 2.24) is 4.98 Å². The Morgan fingerprint density at radius 3 is 2.41 bits per heavy atom. The number of nitrogens with zero attached hydrogens (tertiary/aromatic N) is 1. The monoisotopic (exact) mass is 246 g/mol. The van der Waals surface area contributed by atoms with Crippen LogP contribution in [0.1, 0.15) is 26.7 Å². The van der Waals surface area contributed by atoms with Gasteiger partial charge in [0, 0.05) is 6.20 Å². The lowest BCUT2D eigenvalue weighted by atomic mass is 9.81. The zero-order valence-electron chi connectivity index (χ0n) is 10.00. The second-order valence-electron chi connectivity index (χ2n) is 4.02. The molecule has 0 fully saturated rings. The van der Waals surface area contributed by atoms with Gasteiger partial charge in [-0.05, 0) is 12.0 Å². The molecule has 0 saturated heterocycles. The zero-order chi connectivity index (χ0) is 12.9. The summed E-state index contributed by atoms with van der Waals surface area (Å²) < 4.78 is 42.7. The molecular weight excluding hydrogens is 230 g/mol. The third-order valence-corrected chi connectivity index (χ3v) is 2.75. The second-order valence-corrected chi connectivity index (χ2v) is 4.02. The van der Waals surface area contributed by atoms with Crippen LogP contribution < -0.4 is 10.2 Å². The van der Waals surface area contributed by atoms with Crippen LogP contribution in [0.2, 0.25) is 0 Å². The molecule has 0 radical (unpaired) electrons. The number of rotatable bonds is 6. The molecule has 0 amide bonds. The largest absolute Gasteiger partial charge is 0.511 e. The van der Waals surface area contributed by atoms with E-state index in [2.05, 4.69) is 4.98 Å². The zero-order valence-corrected chi connectivity index (χ0v) is 10.00. The van der Waals surface area contributed by atoms with Gasteiger partial charge in [-0.15, -0.1) is 0 Å². The van der Waals surface area contributed by atoms with Crippen molar-refractivity contribution < 1.29 is 17.7 Å². The highest BCUT2D eigenvalue weighted by atomic mass is 19.4. The van der Waals surface area contributed by atoms with Crippen molar-refractivity contribution >= 4 is 12.4 Å². The summed E-state index contributed by atoms with van der Waals surface area (Å²) in [4.78, 5) is 3.55. The van der Waals surface area contributed by atoms with Crippen molar-refractivity contribution in [2.45, 2.75) is 26.7 Å². The molecule has 6 heteroatoms. The summed E-state index contributed by atoms with van der Waals surface area (Å²) >= 11 is 0. The highest BCUT2D eigenvalue weighted by Crippen LogP contribution is 2.15. The number of hydrogen-bond donors (Lipinski definition) is 0. The van der Waals surface area contributed by atoms with E-state index >= 15 is 0 Å². The van der Waals surface area contributed by atoms with E-state index in [-0.39, 0.29) is 5.75 Å². The molecule has 0 aromatic carbocycles. The summed E-state index contributed by atoms with van der Waals surface area (Å²) in [6.07, 6.45) is 4.04. The number of aromatic nitrogens is 1. The van der Waals surface area contributed by atoms with Crippen LogP contribution in [0, 0.1) is 5.92 Å². The van der Waals surface area contributed by atoms with E-state index in [0.717, 1.165) is 25.1 Å². The van der Waals surface area contributed by atoms with Gasteiger partial charge in [0.15, 0.2) is 0 Å². The molecule has 0 aliphatic carbocycles. The van der Waals surface area contributed by atoms with Gasteiger partial charge < -0.3 is 17.7 Å². The predicted octanol–water partition coefficient (Wildman–Crippen LogP) is 2.95. The van der Waals surface area contributed by atoms with E-state index in [1.165, 1.54) is 6.20 Å². The molecule has 17 heavy (non-hydrogen) atoms. The summed E-state index contributed by atoms with van der Waals surface area (Å²) in [6.45, 7) is -0.508. The van der Waals surface area contributed by atoms with Crippen molar-refractivity contribution in [3.05, 3.63) is 18.5 Å². The fraction of sp³-hybridized carbons (Fsp3) is 0.545. The quantitative estimate of drug-likeness (QED) is 0.720. The van der Waals surface area contributed by atoms with Crippen molar-refractivity contribution in [3.63, 3.8) is 0 Å². The summed E-state index contributed by atoms with van der Waals surface area (Å²) in [7, 11) is 0. The molecule has 0 bridgehead atoms. The molecule has 0 spiro atoms. The molecule has 1 heterocycles. The van der Waals surface area contributed by atoms with Crippen LogP contribution in [0.5, 0.6) is 5.75 Å². The normalized spacial score (nSPS) is 11.9. The third-order valence-electron chi connectivity index (χ3n) is 2.75. The first-order valence-electron chi connectivity index (χ1n) is 5.75. The van der Waals surface area contributed by atoms with E-state index < -0.39 is 12.4 Å². The van der Waals surface area contributed by atoms with Crippen LogP contribution in [0.4, 0.5) is 12.9 Å². The van der Waals surface area contributed by atoms with Gasteiger partial charge in [-0.25, -0.2) is 0 Å². The van der Waals surface area contributed by atoms with Crippen LogP contribution in [0.25, 0.3) is 0 Å². The molecule has 0 N–H and O–H groups in total. The first kappa shape index (κ1) is 13.9. The van der Waals surface area contributed by atoms with Crippen LogP contribution in [-0.2, 0) is 0 Å². The number of halogens is 3. The SMILES string of the molecule is CCC(CC)COc1cncc([B-](F)(F)F)c1. The Balaban J connectivity index is 2.66. The van der Waals surface area contributed by atoms with E-state index in [1.54, 1.807) is 0 Å². The second kappa shape index (κ2) is 5.93. The number of hydrogen-bond acceptors (Lipinski definition) is 2. The summed E-state index contributed by atoms with van der Waals surface area (Å²) in [6, 6.07) is 1.01. The van der Waals surface area contributed by atoms with Crippen LogP contribution >= 0.6 is 0 Å². The molecule has 0 unspecified atom stereocenters. The highest BCUT2D eigenvalue weighted by molar-refractivity contribution is 6.73. The molecule has 0 saturated carbocycles. The molecule has 0 aliphatic rings. The lowest BCUT2D eigenvalue weighted by Crippen LogP contribution is -2.34. The molecule has 1 aromatic heterocycles. The maximum Gasteiger partial charge on any atom is 0.511 e. The molecule has 1 rings (SSSR count). The van der Waals surface area contributed by atoms with Gasteiger partial charge in [0.2, 0.25) is 0 Å². The lowest BCUT2D eigenvalue weighted by Gasteiger charge is -2.17. The van der Waals surface area contributed by atoms with Crippen LogP contribution in [0.15, 0.2) is 18.5 Å². The number of pyridine rings is 1. The van der Waals surface area contributed by atoms with Gasteiger partial charge in [0.05, 0.1) is 12.8 Å². The molecular formula is C11H16BF3NO-. The van der Waals surface area contributed by atoms with Crippen molar-refractivity contribution in [2.75, 3.05) is 6.61 Å². The Bertz CT molecular complexity index is 353.